The highest BCUT2D eigenvalue weighted by Crippen LogP contribution is 2.17. The number of piperazine rings is 1. The van der Waals surface area contributed by atoms with Crippen LogP contribution >= 0.6 is 0 Å². The maximum Gasteiger partial charge on any atom is 0.276 e. The molecule has 34 heavy (non-hydrogen) atoms. The molecule has 0 N–H and O–H groups in total. The van der Waals surface area contributed by atoms with E-state index in [0.29, 0.717) is 30.5 Å². The highest BCUT2D eigenvalue weighted by atomic mass is 16.5. The number of amides is 1. The monoisotopic (exact) mass is 457 g/mol. The largest absolute Gasteiger partial charge is 0.339 e. The zero-order chi connectivity index (χ0) is 23.3. The Balaban J connectivity index is 1.07. The van der Waals surface area contributed by atoms with E-state index in [-0.39, 0.29) is 5.91 Å². The van der Waals surface area contributed by atoms with Gasteiger partial charge in [-0.25, -0.2) is 4.68 Å². The van der Waals surface area contributed by atoms with Gasteiger partial charge in [0, 0.05) is 38.2 Å². The second kappa shape index (κ2) is 9.96. The maximum absolute atomic E-state index is 12.9. The predicted molar refractivity (Wildman–Crippen MR) is 126 cm³/mol. The van der Waals surface area contributed by atoms with Gasteiger partial charge >= 0.3 is 0 Å². The standard InChI is InChI=1S/C25H27N7O2/c1-19-9-11-20(12-10-19)24-26-23(34-28-24)8-5-13-30-14-16-31(17-15-30)25(33)22-18-32(29-27-22)21-6-3-2-4-7-21/h2-4,6-7,9-12,18H,5,8,13-17H2,1H3. The molecule has 1 amide bonds. The Morgan fingerprint density at radius 2 is 1.76 bits per heavy atom. The average molecular weight is 458 g/mol. The number of para-hydroxylation sites is 1. The van der Waals surface area contributed by atoms with Crippen molar-refractivity contribution in [1.29, 1.82) is 0 Å². The summed E-state index contributed by atoms with van der Waals surface area (Å²) in [5.41, 5.74) is 3.42. The quantitative estimate of drug-likeness (QED) is 0.421. The molecular formula is C25H27N7O2. The molecule has 0 atom stereocenters. The lowest BCUT2D eigenvalue weighted by molar-refractivity contribution is 0.0629. The molecule has 0 radical (unpaired) electrons. The number of hydrogen-bond acceptors (Lipinski definition) is 7. The minimum absolute atomic E-state index is 0.0728. The van der Waals surface area contributed by atoms with Crippen LogP contribution in [0.25, 0.3) is 17.1 Å². The summed E-state index contributed by atoms with van der Waals surface area (Å²) in [7, 11) is 0. The summed E-state index contributed by atoms with van der Waals surface area (Å²) in [4.78, 5) is 21.6. The molecule has 0 spiro atoms. The SMILES string of the molecule is Cc1ccc(-c2noc(CCCN3CCN(C(=O)c4cn(-c5ccccc5)nn4)CC3)n2)cc1. The van der Waals surface area contributed by atoms with Gasteiger partial charge in [-0.05, 0) is 32.0 Å². The summed E-state index contributed by atoms with van der Waals surface area (Å²) in [6, 6.07) is 17.8. The van der Waals surface area contributed by atoms with Crippen molar-refractivity contribution in [2.75, 3.05) is 32.7 Å². The molecule has 1 aliphatic rings. The number of carbonyl (C=O) groups excluding carboxylic acids is 1. The van der Waals surface area contributed by atoms with Crippen molar-refractivity contribution in [2.24, 2.45) is 0 Å². The van der Waals surface area contributed by atoms with Crippen LogP contribution < -0.4 is 0 Å². The van der Waals surface area contributed by atoms with Crippen molar-refractivity contribution >= 4 is 5.91 Å². The third-order valence-corrected chi connectivity index (χ3v) is 6.04. The molecule has 1 saturated heterocycles. The maximum atomic E-state index is 12.9. The molecule has 2 aromatic carbocycles. The second-order valence-corrected chi connectivity index (χ2v) is 8.50. The summed E-state index contributed by atoms with van der Waals surface area (Å²) in [6.07, 6.45) is 3.36. The molecule has 0 unspecified atom stereocenters. The number of aryl methyl sites for hydroxylation is 2. The Bertz CT molecular complexity index is 1230. The van der Waals surface area contributed by atoms with Crippen LogP contribution in [-0.2, 0) is 6.42 Å². The van der Waals surface area contributed by atoms with Crippen LogP contribution in [0.4, 0.5) is 0 Å². The lowest BCUT2D eigenvalue weighted by Gasteiger charge is -2.34. The number of aromatic nitrogens is 5. The van der Waals surface area contributed by atoms with Crippen LogP contribution in [0.15, 0.2) is 65.3 Å². The number of rotatable bonds is 7. The Morgan fingerprint density at radius 3 is 2.53 bits per heavy atom. The van der Waals surface area contributed by atoms with Gasteiger partial charge < -0.3 is 9.42 Å². The van der Waals surface area contributed by atoms with Gasteiger partial charge in [-0.2, -0.15) is 4.98 Å². The van der Waals surface area contributed by atoms with Crippen molar-refractivity contribution in [1.82, 2.24) is 34.9 Å². The molecule has 0 aliphatic carbocycles. The van der Waals surface area contributed by atoms with Crippen LogP contribution in [0.5, 0.6) is 0 Å². The van der Waals surface area contributed by atoms with E-state index in [9.17, 15) is 4.79 Å². The molecule has 0 bridgehead atoms. The van der Waals surface area contributed by atoms with Gasteiger partial charge in [0.2, 0.25) is 11.7 Å². The van der Waals surface area contributed by atoms with Gasteiger partial charge in [-0.1, -0.05) is 58.4 Å². The van der Waals surface area contributed by atoms with Crippen molar-refractivity contribution in [3.8, 4) is 17.1 Å². The molecule has 174 valence electrons. The van der Waals surface area contributed by atoms with Crippen molar-refractivity contribution < 1.29 is 9.32 Å². The van der Waals surface area contributed by atoms with Crippen molar-refractivity contribution in [3.63, 3.8) is 0 Å². The van der Waals surface area contributed by atoms with Crippen molar-refractivity contribution in [2.45, 2.75) is 19.8 Å². The fraction of sp³-hybridized carbons (Fsp3) is 0.320. The van der Waals surface area contributed by atoms with Gasteiger partial charge in [0.05, 0.1) is 11.9 Å². The van der Waals surface area contributed by atoms with E-state index in [1.807, 2.05) is 59.5 Å². The molecule has 9 heteroatoms. The van der Waals surface area contributed by atoms with Crippen LogP contribution in [0.1, 0.15) is 28.4 Å². The second-order valence-electron chi connectivity index (χ2n) is 8.50. The fourth-order valence-corrected chi connectivity index (χ4v) is 4.04. The van der Waals surface area contributed by atoms with E-state index in [4.69, 9.17) is 4.52 Å². The summed E-state index contributed by atoms with van der Waals surface area (Å²) in [5, 5.41) is 12.3. The molecule has 4 aromatic rings. The van der Waals surface area contributed by atoms with Gasteiger partial charge in [0.15, 0.2) is 5.69 Å². The Morgan fingerprint density at radius 1 is 1.00 bits per heavy atom. The normalized spacial score (nSPS) is 14.4. The van der Waals surface area contributed by atoms with Gasteiger partial charge in [0.1, 0.15) is 0 Å². The Hall–Kier alpha value is -3.85. The molecule has 1 fully saturated rings. The zero-order valence-electron chi connectivity index (χ0n) is 19.2. The van der Waals surface area contributed by atoms with E-state index < -0.39 is 0 Å². The molecule has 2 aromatic heterocycles. The Labute approximate surface area is 198 Å². The Kier molecular flexibility index (Phi) is 6.44. The van der Waals surface area contributed by atoms with E-state index in [1.54, 1.807) is 10.9 Å². The summed E-state index contributed by atoms with van der Waals surface area (Å²) in [5.74, 6) is 1.22. The summed E-state index contributed by atoms with van der Waals surface area (Å²) < 4.78 is 7.05. The minimum Gasteiger partial charge on any atom is -0.339 e. The van der Waals surface area contributed by atoms with Crippen LogP contribution in [-0.4, -0.2) is 73.6 Å². The van der Waals surface area contributed by atoms with E-state index in [2.05, 4.69) is 32.3 Å². The smallest absolute Gasteiger partial charge is 0.276 e. The van der Waals surface area contributed by atoms with Gasteiger partial charge in [-0.15, -0.1) is 5.10 Å². The molecule has 1 aliphatic heterocycles. The van der Waals surface area contributed by atoms with Crippen LogP contribution in [0.2, 0.25) is 0 Å². The highest BCUT2D eigenvalue weighted by molar-refractivity contribution is 5.92. The third-order valence-electron chi connectivity index (χ3n) is 6.04. The first-order valence-electron chi connectivity index (χ1n) is 11.5. The number of carbonyl (C=O) groups is 1. The van der Waals surface area contributed by atoms with E-state index in [0.717, 1.165) is 43.7 Å². The molecular weight excluding hydrogens is 430 g/mol. The molecule has 3 heterocycles. The zero-order valence-corrected chi connectivity index (χ0v) is 19.2. The molecule has 0 saturated carbocycles. The fourth-order valence-electron chi connectivity index (χ4n) is 4.04. The average Bonchev–Trinajstić information content (AvgIpc) is 3.56. The van der Waals surface area contributed by atoms with Crippen LogP contribution in [0, 0.1) is 6.92 Å². The first-order valence-corrected chi connectivity index (χ1v) is 11.5. The van der Waals surface area contributed by atoms with Gasteiger partial charge in [-0.3, -0.25) is 9.69 Å². The van der Waals surface area contributed by atoms with Crippen molar-refractivity contribution in [3.05, 3.63) is 77.9 Å². The third kappa shape index (κ3) is 5.04. The first kappa shape index (κ1) is 22.0. The first-order chi connectivity index (χ1) is 16.7. The topological polar surface area (TPSA) is 93.2 Å². The molecule has 5 rings (SSSR count). The minimum atomic E-state index is -0.0728. The summed E-state index contributed by atoms with van der Waals surface area (Å²) >= 11 is 0. The van der Waals surface area contributed by atoms with Crippen LogP contribution in [0.3, 0.4) is 0 Å². The number of hydrogen-bond donors (Lipinski definition) is 0. The molecule has 9 nitrogen and oxygen atoms in total. The lowest BCUT2D eigenvalue weighted by Crippen LogP contribution is -2.49. The van der Waals surface area contributed by atoms with E-state index in [1.165, 1.54) is 5.56 Å². The predicted octanol–water partition coefficient (Wildman–Crippen LogP) is 3.02. The van der Waals surface area contributed by atoms with E-state index >= 15 is 0 Å². The number of benzene rings is 2. The summed E-state index contributed by atoms with van der Waals surface area (Å²) in [6.45, 7) is 5.99. The highest BCUT2D eigenvalue weighted by Gasteiger charge is 2.24. The lowest BCUT2D eigenvalue weighted by atomic mass is 10.1. The number of nitrogens with zero attached hydrogens (tertiary/aromatic N) is 7. The van der Waals surface area contributed by atoms with Gasteiger partial charge in [0.25, 0.3) is 5.91 Å².